The van der Waals surface area contributed by atoms with Gasteiger partial charge in [0.2, 0.25) is 0 Å². The van der Waals surface area contributed by atoms with E-state index in [0.29, 0.717) is 12.4 Å². The fourth-order valence-electron chi connectivity index (χ4n) is 6.71. The van der Waals surface area contributed by atoms with Gasteiger partial charge >= 0.3 is 5.97 Å². The van der Waals surface area contributed by atoms with Gasteiger partial charge in [-0.3, -0.25) is 4.79 Å². The second-order valence-corrected chi connectivity index (χ2v) is 10.5. The van der Waals surface area contributed by atoms with Crippen molar-refractivity contribution in [3.05, 3.63) is 24.0 Å². The van der Waals surface area contributed by atoms with Gasteiger partial charge in [-0.15, -0.1) is 0 Å². The van der Waals surface area contributed by atoms with Crippen LogP contribution in [0.2, 0.25) is 0 Å². The first-order chi connectivity index (χ1) is 14.7. The van der Waals surface area contributed by atoms with Gasteiger partial charge < -0.3 is 19.5 Å². The summed E-state index contributed by atoms with van der Waals surface area (Å²) in [6.07, 6.45) is 7.37. The predicted octanol–water partition coefficient (Wildman–Crippen LogP) is 4.47. The fourth-order valence-corrected chi connectivity index (χ4v) is 6.71. The number of esters is 1. The lowest BCUT2D eigenvalue weighted by Crippen LogP contribution is -2.61. The normalized spacial score (nSPS) is 43.8. The smallest absolute Gasteiger partial charge is 0.302 e. The van der Waals surface area contributed by atoms with Gasteiger partial charge in [-0.05, 0) is 44.4 Å². The van der Waals surface area contributed by atoms with Crippen LogP contribution in [0.5, 0.6) is 0 Å². The number of ether oxygens (including phenoxy) is 2. The van der Waals surface area contributed by atoms with Crippen molar-refractivity contribution in [1.29, 1.82) is 0 Å². The van der Waals surface area contributed by atoms with Crippen molar-refractivity contribution in [3.63, 3.8) is 0 Å². The van der Waals surface area contributed by atoms with Gasteiger partial charge in [-0.2, -0.15) is 4.89 Å². The van der Waals surface area contributed by atoms with Crippen molar-refractivity contribution in [2.45, 2.75) is 97.1 Å². The number of carbonyl (C=O) groups excluding carboxylic acids is 1. The number of aliphatic hydroxyl groups is 1. The highest BCUT2D eigenvalue weighted by Gasteiger charge is 2.62. The maximum absolute atomic E-state index is 11.6. The molecule has 0 aromatic rings. The van der Waals surface area contributed by atoms with Gasteiger partial charge in [0, 0.05) is 30.1 Å². The van der Waals surface area contributed by atoms with Crippen molar-refractivity contribution in [2.24, 2.45) is 22.7 Å². The lowest BCUT2D eigenvalue weighted by atomic mass is 9.54. The van der Waals surface area contributed by atoms with Gasteiger partial charge in [0.1, 0.15) is 18.0 Å². The molecule has 0 amide bonds. The highest BCUT2D eigenvalue weighted by Crippen LogP contribution is 2.60. The van der Waals surface area contributed by atoms with E-state index in [1.54, 1.807) is 0 Å². The van der Waals surface area contributed by atoms with E-state index in [2.05, 4.69) is 27.4 Å². The average molecular weight is 435 g/mol. The standard InChI is InChI=1S/C25H38O6/c1-6-7-15(2)30-31-18-10-11-24(4)17(12-18)13-20(27)22-19-8-9-21(29-16(3)26)25(19,5)14-28-23(22)24/h13,18-23,27H,2,6-12,14H2,1,3-5H3/t18-,19?,20?,21?,22?,23?,24-,25-/m0/s1. The van der Waals surface area contributed by atoms with Crippen LogP contribution in [0.25, 0.3) is 0 Å². The van der Waals surface area contributed by atoms with Crippen LogP contribution in [-0.4, -0.2) is 42.1 Å². The van der Waals surface area contributed by atoms with E-state index in [9.17, 15) is 9.90 Å². The first-order valence-electron chi connectivity index (χ1n) is 11.9. The molecule has 1 saturated heterocycles. The average Bonchev–Trinajstić information content (AvgIpc) is 3.03. The van der Waals surface area contributed by atoms with E-state index in [1.807, 2.05) is 6.08 Å². The van der Waals surface area contributed by atoms with E-state index >= 15 is 0 Å². The van der Waals surface area contributed by atoms with Gasteiger partial charge in [-0.1, -0.05) is 39.0 Å². The second kappa shape index (κ2) is 8.53. The Labute approximate surface area is 185 Å². The molecule has 6 nitrogen and oxygen atoms in total. The zero-order chi connectivity index (χ0) is 22.4. The summed E-state index contributed by atoms with van der Waals surface area (Å²) in [5.41, 5.74) is 0.842. The van der Waals surface area contributed by atoms with Crippen LogP contribution in [-0.2, 0) is 24.0 Å². The Hall–Kier alpha value is -1.37. The van der Waals surface area contributed by atoms with Crippen LogP contribution in [0.1, 0.15) is 72.6 Å². The minimum Gasteiger partial charge on any atom is -0.462 e. The summed E-state index contributed by atoms with van der Waals surface area (Å²) in [4.78, 5) is 22.7. The lowest BCUT2D eigenvalue weighted by molar-refractivity contribution is -0.303. The van der Waals surface area contributed by atoms with Crippen LogP contribution in [0.4, 0.5) is 0 Å². The number of rotatable bonds is 6. The molecule has 0 aromatic heterocycles. The topological polar surface area (TPSA) is 74.2 Å². The zero-order valence-electron chi connectivity index (χ0n) is 19.4. The fraction of sp³-hybridized carbons (Fsp3) is 0.800. The molecule has 3 aliphatic carbocycles. The molecule has 0 spiro atoms. The number of allylic oxidation sites excluding steroid dienone is 1. The number of aliphatic hydroxyl groups excluding tert-OH is 1. The highest BCUT2D eigenvalue weighted by molar-refractivity contribution is 5.66. The zero-order valence-corrected chi connectivity index (χ0v) is 19.4. The Bertz CT molecular complexity index is 746. The SMILES string of the molecule is C=C(CCC)OO[C@H]1CC[C@@]2(C)C(=CC(O)C3C4CCC(OC(C)=O)[C@@]4(C)COC32)C1. The molecule has 1 aliphatic heterocycles. The predicted molar refractivity (Wildman–Crippen MR) is 116 cm³/mol. The van der Waals surface area contributed by atoms with Gasteiger partial charge in [-0.25, -0.2) is 0 Å². The maximum atomic E-state index is 11.6. The summed E-state index contributed by atoms with van der Waals surface area (Å²) in [5, 5.41) is 11.2. The van der Waals surface area contributed by atoms with Gasteiger partial charge in [0.25, 0.3) is 0 Å². The summed E-state index contributed by atoms with van der Waals surface area (Å²) in [6.45, 7) is 12.4. The summed E-state index contributed by atoms with van der Waals surface area (Å²) >= 11 is 0. The summed E-state index contributed by atoms with van der Waals surface area (Å²) in [6, 6.07) is 0. The van der Waals surface area contributed by atoms with Crippen LogP contribution < -0.4 is 0 Å². The molecule has 6 heteroatoms. The molecule has 0 bridgehead atoms. The molecule has 174 valence electrons. The van der Waals surface area contributed by atoms with Gasteiger partial charge in [0.15, 0.2) is 0 Å². The molecular formula is C25H38O6. The second-order valence-electron chi connectivity index (χ2n) is 10.5. The number of fused-ring (bicyclic) bond motifs is 5. The Balaban J connectivity index is 1.50. The number of hydrogen-bond donors (Lipinski definition) is 1. The summed E-state index contributed by atoms with van der Waals surface area (Å²) < 4.78 is 12.2. The molecule has 1 heterocycles. The highest BCUT2D eigenvalue weighted by atomic mass is 17.2. The summed E-state index contributed by atoms with van der Waals surface area (Å²) in [5.74, 6) is 0.711. The third-order valence-corrected chi connectivity index (χ3v) is 8.41. The minimum atomic E-state index is -0.566. The van der Waals surface area contributed by atoms with E-state index in [4.69, 9.17) is 19.2 Å². The monoisotopic (exact) mass is 434 g/mol. The van der Waals surface area contributed by atoms with Crippen molar-refractivity contribution < 1.29 is 29.1 Å². The van der Waals surface area contributed by atoms with E-state index in [0.717, 1.165) is 44.9 Å². The van der Waals surface area contributed by atoms with Crippen molar-refractivity contribution in [2.75, 3.05) is 6.61 Å². The Kier molecular flexibility index (Phi) is 6.27. The van der Waals surface area contributed by atoms with Crippen molar-refractivity contribution >= 4 is 5.97 Å². The van der Waals surface area contributed by atoms with E-state index in [1.165, 1.54) is 12.5 Å². The minimum absolute atomic E-state index is 0.0195. The quantitative estimate of drug-likeness (QED) is 0.219. The molecule has 0 radical (unpaired) electrons. The van der Waals surface area contributed by atoms with Crippen molar-refractivity contribution in [1.82, 2.24) is 0 Å². The third kappa shape index (κ3) is 3.96. The van der Waals surface area contributed by atoms with Crippen LogP contribution in [0.3, 0.4) is 0 Å². The van der Waals surface area contributed by atoms with E-state index < -0.39 is 6.10 Å². The number of hydrogen-bond acceptors (Lipinski definition) is 6. The molecule has 8 atom stereocenters. The van der Waals surface area contributed by atoms with E-state index in [-0.39, 0.29) is 46.9 Å². The van der Waals surface area contributed by atoms with Crippen LogP contribution >= 0.6 is 0 Å². The molecule has 0 aromatic carbocycles. The molecule has 3 fully saturated rings. The van der Waals surface area contributed by atoms with Crippen LogP contribution in [0, 0.1) is 22.7 Å². The van der Waals surface area contributed by atoms with Gasteiger partial charge in [0.05, 0.1) is 18.8 Å². The molecule has 5 unspecified atom stereocenters. The molecular weight excluding hydrogens is 396 g/mol. The Morgan fingerprint density at radius 1 is 1.32 bits per heavy atom. The first-order valence-corrected chi connectivity index (χ1v) is 11.9. The Morgan fingerprint density at radius 3 is 2.81 bits per heavy atom. The molecule has 31 heavy (non-hydrogen) atoms. The van der Waals surface area contributed by atoms with Crippen LogP contribution in [0.15, 0.2) is 24.0 Å². The summed E-state index contributed by atoms with van der Waals surface area (Å²) in [7, 11) is 0. The number of carbonyl (C=O) groups is 1. The molecule has 4 rings (SSSR count). The third-order valence-electron chi connectivity index (χ3n) is 8.41. The maximum Gasteiger partial charge on any atom is 0.302 e. The lowest BCUT2D eigenvalue weighted by Gasteiger charge is -2.58. The molecule has 1 N–H and O–H groups in total. The Morgan fingerprint density at radius 2 is 2.10 bits per heavy atom. The largest absolute Gasteiger partial charge is 0.462 e. The first kappa shape index (κ1) is 22.8. The van der Waals surface area contributed by atoms with Crippen molar-refractivity contribution in [3.8, 4) is 0 Å². The molecule has 2 saturated carbocycles. The molecule has 4 aliphatic rings.